The molecular formula is C12H19N3O3. The van der Waals surface area contributed by atoms with Gasteiger partial charge in [-0.25, -0.2) is 9.59 Å². The second kappa shape index (κ2) is 5.71. The van der Waals surface area contributed by atoms with Crippen molar-refractivity contribution in [3.8, 4) is 6.07 Å². The van der Waals surface area contributed by atoms with Crippen molar-refractivity contribution in [2.45, 2.75) is 51.1 Å². The maximum Gasteiger partial charge on any atom is 0.329 e. The van der Waals surface area contributed by atoms with Crippen LogP contribution in [0.15, 0.2) is 0 Å². The van der Waals surface area contributed by atoms with E-state index in [9.17, 15) is 9.59 Å². The van der Waals surface area contributed by atoms with Crippen LogP contribution in [-0.4, -0.2) is 40.1 Å². The molecule has 6 nitrogen and oxygen atoms in total. The minimum Gasteiger partial charge on any atom is -0.480 e. The van der Waals surface area contributed by atoms with Gasteiger partial charge in [0.15, 0.2) is 0 Å². The van der Waals surface area contributed by atoms with E-state index < -0.39 is 11.5 Å². The minimum absolute atomic E-state index is 0.160. The van der Waals surface area contributed by atoms with Crippen LogP contribution in [0.3, 0.4) is 0 Å². The Morgan fingerprint density at radius 1 is 1.56 bits per heavy atom. The maximum absolute atomic E-state index is 12.1. The summed E-state index contributed by atoms with van der Waals surface area (Å²) in [5, 5.41) is 20.2. The number of hydrogen-bond acceptors (Lipinski definition) is 3. The van der Waals surface area contributed by atoms with Crippen molar-refractivity contribution in [1.29, 1.82) is 5.26 Å². The van der Waals surface area contributed by atoms with E-state index in [1.54, 1.807) is 11.8 Å². The minimum atomic E-state index is -1.25. The van der Waals surface area contributed by atoms with Gasteiger partial charge in [-0.1, -0.05) is 6.92 Å². The highest BCUT2D eigenvalue weighted by Crippen LogP contribution is 2.27. The van der Waals surface area contributed by atoms with Crippen LogP contribution in [-0.2, 0) is 4.79 Å². The van der Waals surface area contributed by atoms with E-state index in [2.05, 4.69) is 5.32 Å². The molecule has 0 heterocycles. The molecule has 2 amide bonds. The number of nitrogens with zero attached hydrogens (tertiary/aromatic N) is 2. The second-order valence-electron chi connectivity index (χ2n) is 4.75. The molecule has 1 aliphatic rings. The highest BCUT2D eigenvalue weighted by atomic mass is 16.4. The van der Waals surface area contributed by atoms with Gasteiger partial charge in [0.25, 0.3) is 0 Å². The molecule has 18 heavy (non-hydrogen) atoms. The van der Waals surface area contributed by atoms with E-state index in [1.807, 2.05) is 6.07 Å². The number of hydrogen-bond donors (Lipinski definition) is 2. The first-order valence-corrected chi connectivity index (χ1v) is 6.13. The van der Waals surface area contributed by atoms with Crippen molar-refractivity contribution in [2.24, 2.45) is 0 Å². The molecule has 6 heteroatoms. The van der Waals surface area contributed by atoms with Crippen LogP contribution in [0.2, 0.25) is 0 Å². The first kappa shape index (κ1) is 14.3. The number of carbonyl (C=O) groups is 2. The topological polar surface area (TPSA) is 93.4 Å². The Morgan fingerprint density at radius 2 is 2.17 bits per heavy atom. The molecule has 0 radical (unpaired) electrons. The number of carboxylic acid groups (broad SMARTS) is 1. The van der Waals surface area contributed by atoms with Crippen LogP contribution in [0.5, 0.6) is 0 Å². The number of nitrogens with one attached hydrogen (secondary N) is 1. The summed E-state index contributed by atoms with van der Waals surface area (Å²) in [7, 11) is 0. The molecule has 0 bridgehead atoms. The smallest absolute Gasteiger partial charge is 0.329 e. The molecule has 1 aliphatic carbocycles. The quantitative estimate of drug-likeness (QED) is 0.746. The Kier molecular flexibility index (Phi) is 4.54. The van der Waals surface area contributed by atoms with E-state index in [4.69, 9.17) is 10.4 Å². The molecule has 1 fully saturated rings. The van der Waals surface area contributed by atoms with Gasteiger partial charge < -0.3 is 15.3 Å². The highest BCUT2D eigenvalue weighted by molar-refractivity contribution is 5.86. The number of rotatable bonds is 6. The molecule has 1 atom stereocenters. The standard InChI is InChI=1S/C12H19N3O3/c1-3-12(2,10(16)17)14-11(18)15(8-4-7-13)9-5-6-9/h9H,3-6,8H2,1-2H3,(H,14,18)(H,16,17). The Hall–Kier alpha value is -1.77. The van der Waals surface area contributed by atoms with Gasteiger partial charge in [0, 0.05) is 12.6 Å². The second-order valence-corrected chi connectivity index (χ2v) is 4.75. The molecule has 0 aromatic rings. The van der Waals surface area contributed by atoms with Gasteiger partial charge in [-0.2, -0.15) is 5.26 Å². The van der Waals surface area contributed by atoms with Crippen molar-refractivity contribution < 1.29 is 14.7 Å². The number of carboxylic acids is 1. The number of carbonyl (C=O) groups excluding carboxylic acids is 1. The summed E-state index contributed by atoms with van der Waals surface area (Å²) in [6.45, 7) is 3.56. The van der Waals surface area contributed by atoms with Crippen LogP contribution in [0.25, 0.3) is 0 Å². The molecule has 0 aromatic heterocycles. The average molecular weight is 253 g/mol. The van der Waals surface area contributed by atoms with E-state index in [1.165, 1.54) is 6.92 Å². The average Bonchev–Trinajstić information content (AvgIpc) is 3.13. The lowest BCUT2D eigenvalue weighted by molar-refractivity contribution is -0.143. The van der Waals surface area contributed by atoms with Gasteiger partial charge in [-0.05, 0) is 26.2 Å². The molecule has 0 saturated heterocycles. The van der Waals surface area contributed by atoms with Crippen molar-refractivity contribution in [2.75, 3.05) is 6.54 Å². The zero-order valence-electron chi connectivity index (χ0n) is 10.8. The van der Waals surface area contributed by atoms with E-state index >= 15 is 0 Å². The fraction of sp³-hybridized carbons (Fsp3) is 0.750. The van der Waals surface area contributed by atoms with Gasteiger partial charge >= 0.3 is 12.0 Å². The van der Waals surface area contributed by atoms with Gasteiger partial charge in [0.2, 0.25) is 0 Å². The third-order valence-electron chi connectivity index (χ3n) is 3.27. The lowest BCUT2D eigenvalue weighted by Crippen LogP contribution is -2.56. The number of aliphatic carboxylic acids is 1. The molecule has 0 aromatic carbocycles. The summed E-state index contributed by atoms with van der Waals surface area (Å²) in [6, 6.07) is 1.77. The lowest BCUT2D eigenvalue weighted by atomic mass is 10.00. The summed E-state index contributed by atoms with van der Waals surface area (Å²) in [4.78, 5) is 24.7. The fourth-order valence-corrected chi connectivity index (χ4v) is 1.61. The summed E-state index contributed by atoms with van der Waals surface area (Å²) in [5.74, 6) is -1.05. The third kappa shape index (κ3) is 3.36. The van der Waals surface area contributed by atoms with Crippen molar-refractivity contribution in [1.82, 2.24) is 10.2 Å². The molecule has 100 valence electrons. The zero-order chi connectivity index (χ0) is 13.8. The van der Waals surface area contributed by atoms with Gasteiger partial charge in [-0.3, -0.25) is 0 Å². The van der Waals surface area contributed by atoms with E-state index in [0.717, 1.165) is 12.8 Å². The van der Waals surface area contributed by atoms with Crippen LogP contribution in [0, 0.1) is 11.3 Å². The normalized spacial score (nSPS) is 17.4. The Morgan fingerprint density at radius 3 is 2.56 bits per heavy atom. The van der Waals surface area contributed by atoms with Crippen LogP contribution in [0.1, 0.15) is 39.5 Å². The Bertz CT molecular complexity index is 373. The molecular weight excluding hydrogens is 234 g/mol. The summed E-state index contributed by atoms with van der Waals surface area (Å²) in [5.41, 5.74) is -1.25. The van der Waals surface area contributed by atoms with Crippen molar-refractivity contribution in [3.05, 3.63) is 0 Å². The monoisotopic (exact) mass is 253 g/mol. The first-order valence-electron chi connectivity index (χ1n) is 6.13. The van der Waals surface area contributed by atoms with Crippen molar-refractivity contribution >= 4 is 12.0 Å². The molecule has 1 saturated carbocycles. The van der Waals surface area contributed by atoms with Crippen molar-refractivity contribution in [3.63, 3.8) is 0 Å². The SMILES string of the molecule is CCC(C)(NC(=O)N(CCC#N)C1CC1)C(=O)O. The summed E-state index contributed by atoms with van der Waals surface area (Å²) < 4.78 is 0. The van der Waals surface area contributed by atoms with Gasteiger partial charge in [0.1, 0.15) is 5.54 Å². The molecule has 1 rings (SSSR count). The Balaban J connectivity index is 2.66. The molecule has 1 unspecified atom stereocenters. The predicted molar refractivity (Wildman–Crippen MR) is 64.8 cm³/mol. The molecule has 0 spiro atoms. The Labute approximate surface area is 107 Å². The fourth-order valence-electron chi connectivity index (χ4n) is 1.61. The first-order chi connectivity index (χ1) is 8.44. The maximum atomic E-state index is 12.1. The summed E-state index contributed by atoms with van der Waals surface area (Å²) in [6.07, 6.45) is 2.42. The van der Waals surface area contributed by atoms with Crippen LogP contribution >= 0.6 is 0 Å². The largest absolute Gasteiger partial charge is 0.480 e. The summed E-state index contributed by atoms with van der Waals surface area (Å²) >= 11 is 0. The lowest BCUT2D eigenvalue weighted by Gasteiger charge is -2.29. The number of urea groups is 1. The highest BCUT2D eigenvalue weighted by Gasteiger charge is 2.38. The third-order valence-corrected chi connectivity index (χ3v) is 3.27. The molecule has 2 N–H and O–H groups in total. The van der Waals surface area contributed by atoms with E-state index in [0.29, 0.717) is 13.0 Å². The van der Waals surface area contributed by atoms with Crippen LogP contribution < -0.4 is 5.32 Å². The van der Waals surface area contributed by atoms with Gasteiger partial charge in [-0.15, -0.1) is 0 Å². The predicted octanol–water partition coefficient (Wildman–Crippen LogP) is 1.33. The number of amides is 2. The number of nitriles is 1. The molecule has 0 aliphatic heterocycles. The zero-order valence-corrected chi connectivity index (χ0v) is 10.8. The van der Waals surface area contributed by atoms with E-state index in [-0.39, 0.29) is 18.5 Å². The van der Waals surface area contributed by atoms with Gasteiger partial charge in [0.05, 0.1) is 12.5 Å². The van der Waals surface area contributed by atoms with Crippen LogP contribution in [0.4, 0.5) is 4.79 Å².